The van der Waals surface area contributed by atoms with Crippen LogP contribution >= 0.6 is 0 Å². The molecule has 1 aromatic carbocycles. The van der Waals surface area contributed by atoms with Gasteiger partial charge < -0.3 is 19.4 Å². The molecule has 7 heteroatoms. The third kappa shape index (κ3) is 4.38. The Labute approximate surface area is 110 Å². The largest absolute Gasteiger partial charge is 0.533 e. The van der Waals surface area contributed by atoms with Crippen molar-refractivity contribution in [3.05, 3.63) is 23.8 Å². The molecule has 0 heterocycles. The Morgan fingerprint density at radius 2 is 1.89 bits per heavy atom. The van der Waals surface area contributed by atoms with E-state index in [2.05, 4.69) is 15.1 Å². The van der Waals surface area contributed by atoms with E-state index in [-0.39, 0.29) is 24.5 Å². The number of phenols is 1. The molecule has 19 heavy (non-hydrogen) atoms. The number of hydrogen-bond acceptors (Lipinski definition) is 7. The van der Waals surface area contributed by atoms with Crippen LogP contribution in [0.15, 0.2) is 18.2 Å². The standard InChI is InChI=1S/C12H15NO6/c1-3-17-11(15)9-7-8(5-6-10(9)14)13-19-12(16)18-4-2/h5-7,13-14H,3-4H2,1-2H3. The number of phenolic OH excluding ortho intramolecular Hbond substituents is 1. The number of benzene rings is 1. The lowest BCUT2D eigenvalue weighted by atomic mass is 10.2. The van der Waals surface area contributed by atoms with Crippen LogP contribution < -0.4 is 5.48 Å². The molecule has 0 amide bonds. The Morgan fingerprint density at radius 3 is 2.53 bits per heavy atom. The minimum absolute atomic E-state index is 0.0284. The van der Waals surface area contributed by atoms with Gasteiger partial charge in [0.05, 0.1) is 18.9 Å². The van der Waals surface area contributed by atoms with Crippen molar-refractivity contribution in [2.24, 2.45) is 0 Å². The molecular formula is C12H15NO6. The average molecular weight is 269 g/mol. The van der Waals surface area contributed by atoms with Crippen LogP contribution in [0, 0.1) is 0 Å². The van der Waals surface area contributed by atoms with Crippen LogP contribution in [-0.4, -0.2) is 30.4 Å². The van der Waals surface area contributed by atoms with Crippen molar-refractivity contribution in [3.8, 4) is 5.75 Å². The highest BCUT2D eigenvalue weighted by atomic mass is 16.8. The fourth-order valence-electron chi connectivity index (χ4n) is 1.22. The molecule has 1 aromatic rings. The van der Waals surface area contributed by atoms with E-state index in [9.17, 15) is 14.7 Å². The maximum atomic E-state index is 11.5. The second kappa shape index (κ2) is 7.10. The molecule has 0 aromatic heterocycles. The van der Waals surface area contributed by atoms with Gasteiger partial charge in [0, 0.05) is 0 Å². The zero-order chi connectivity index (χ0) is 14.3. The molecule has 0 saturated heterocycles. The fourth-order valence-corrected chi connectivity index (χ4v) is 1.22. The molecule has 0 aliphatic heterocycles. The summed E-state index contributed by atoms with van der Waals surface area (Å²) >= 11 is 0. The van der Waals surface area contributed by atoms with E-state index in [1.54, 1.807) is 13.8 Å². The van der Waals surface area contributed by atoms with Gasteiger partial charge in [0.1, 0.15) is 11.3 Å². The van der Waals surface area contributed by atoms with Crippen molar-refractivity contribution in [3.63, 3.8) is 0 Å². The van der Waals surface area contributed by atoms with Crippen LogP contribution in [0.3, 0.4) is 0 Å². The first-order valence-corrected chi connectivity index (χ1v) is 5.68. The van der Waals surface area contributed by atoms with Gasteiger partial charge in [-0.05, 0) is 32.0 Å². The predicted molar refractivity (Wildman–Crippen MR) is 65.8 cm³/mol. The van der Waals surface area contributed by atoms with Gasteiger partial charge in [-0.3, -0.25) is 0 Å². The highest BCUT2D eigenvalue weighted by molar-refractivity contribution is 5.93. The van der Waals surface area contributed by atoms with Crippen molar-refractivity contribution in [1.29, 1.82) is 0 Å². The normalized spacial score (nSPS) is 9.58. The number of carbonyl (C=O) groups excluding carboxylic acids is 2. The predicted octanol–water partition coefficient (Wildman–Crippen LogP) is 2.07. The van der Waals surface area contributed by atoms with E-state index in [1.165, 1.54) is 18.2 Å². The second-order valence-electron chi connectivity index (χ2n) is 3.34. The Kier molecular flexibility index (Phi) is 5.46. The maximum Gasteiger partial charge on any atom is 0.533 e. The summed E-state index contributed by atoms with van der Waals surface area (Å²) < 4.78 is 9.31. The lowest BCUT2D eigenvalue weighted by Gasteiger charge is -2.09. The highest BCUT2D eigenvalue weighted by Crippen LogP contribution is 2.22. The summed E-state index contributed by atoms with van der Waals surface area (Å²) in [5.74, 6) is -0.889. The summed E-state index contributed by atoms with van der Waals surface area (Å²) in [6, 6.07) is 4.01. The Bertz CT molecular complexity index is 460. The van der Waals surface area contributed by atoms with Crippen LogP contribution in [0.5, 0.6) is 5.75 Å². The zero-order valence-electron chi connectivity index (χ0n) is 10.6. The lowest BCUT2D eigenvalue weighted by molar-refractivity contribution is 0.0523. The van der Waals surface area contributed by atoms with Gasteiger partial charge in [-0.1, -0.05) is 0 Å². The first-order valence-electron chi connectivity index (χ1n) is 5.68. The number of rotatable bonds is 5. The van der Waals surface area contributed by atoms with Gasteiger partial charge in [-0.15, -0.1) is 0 Å². The molecule has 7 nitrogen and oxygen atoms in total. The topological polar surface area (TPSA) is 94.1 Å². The molecular weight excluding hydrogens is 254 g/mol. The summed E-state index contributed by atoms with van der Waals surface area (Å²) in [4.78, 5) is 27.0. The number of aromatic hydroxyl groups is 1. The van der Waals surface area contributed by atoms with Gasteiger partial charge >= 0.3 is 12.1 Å². The van der Waals surface area contributed by atoms with Crippen LogP contribution in [-0.2, 0) is 14.3 Å². The molecule has 0 aliphatic carbocycles. The van der Waals surface area contributed by atoms with Crippen molar-refractivity contribution in [1.82, 2.24) is 0 Å². The van der Waals surface area contributed by atoms with Crippen molar-refractivity contribution in [2.45, 2.75) is 13.8 Å². The number of hydrogen-bond donors (Lipinski definition) is 2. The minimum Gasteiger partial charge on any atom is -0.507 e. The summed E-state index contributed by atoms with van der Waals surface area (Å²) in [5, 5.41) is 9.53. The van der Waals surface area contributed by atoms with E-state index < -0.39 is 12.1 Å². The van der Waals surface area contributed by atoms with Crippen molar-refractivity contribution in [2.75, 3.05) is 18.7 Å². The van der Waals surface area contributed by atoms with Gasteiger partial charge in [-0.25, -0.2) is 15.1 Å². The third-order valence-electron chi connectivity index (χ3n) is 2.01. The molecule has 0 radical (unpaired) electrons. The van der Waals surface area contributed by atoms with E-state index in [0.29, 0.717) is 5.69 Å². The third-order valence-corrected chi connectivity index (χ3v) is 2.01. The molecule has 2 N–H and O–H groups in total. The van der Waals surface area contributed by atoms with Crippen LogP contribution in [0.4, 0.5) is 10.5 Å². The number of nitrogens with one attached hydrogen (secondary N) is 1. The zero-order valence-corrected chi connectivity index (χ0v) is 10.6. The van der Waals surface area contributed by atoms with E-state index in [4.69, 9.17) is 4.74 Å². The first-order chi connectivity index (χ1) is 9.08. The van der Waals surface area contributed by atoms with Crippen LogP contribution in [0.1, 0.15) is 24.2 Å². The van der Waals surface area contributed by atoms with E-state index in [1.807, 2.05) is 0 Å². The van der Waals surface area contributed by atoms with Crippen LogP contribution in [0.25, 0.3) is 0 Å². The smallest absolute Gasteiger partial charge is 0.507 e. The summed E-state index contributed by atoms with van der Waals surface area (Å²) in [7, 11) is 0. The summed E-state index contributed by atoms with van der Waals surface area (Å²) in [5.41, 5.74) is 2.57. The molecule has 0 unspecified atom stereocenters. The molecule has 0 fully saturated rings. The number of anilines is 1. The van der Waals surface area contributed by atoms with E-state index in [0.717, 1.165) is 0 Å². The summed E-state index contributed by atoms with van der Waals surface area (Å²) in [6.45, 7) is 3.67. The Hall–Kier alpha value is -2.44. The molecule has 0 saturated carbocycles. The highest BCUT2D eigenvalue weighted by Gasteiger charge is 2.13. The molecule has 1 rings (SSSR count). The van der Waals surface area contributed by atoms with Gasteiger partial charge in [-0.2, -0.15) is 0 Å². The number of esters is 1. The monoisotopic (exact) mass is 269 g/mol. The first kappa shape index (κ1) is 14.6. The summed E-state index contributed by atoms with van der Waals surface area (Å²) in [6.07, 6.45) is -0.895. The van der Waals surface area contributed by atoms with Gasteiger partial charge in [0.15, 0.2) is 0 Å². The Balaban J connectivity index is 2.73. The quantitative estimate of drug-likeness (QED) is 0.480. The van der Waals surface area contributed by atoms with Gasteiger partial charge in [0.2, 0.25) is 0 Å². The maximum absolute atomic E-state index is 11.5. The van der Waals surface area contributed by atoms with E-state index >= 15 is 0 Å². The molecule has 0 aliphatic rings. The Morgan fingerprint density at radius 1 is 1.21 bits per heavy atom. The van der Waals surface area contributed by atoms with Gasteiger partial charge in [0.25, 0.3) is 0 Å². The minimum atomic E-state index is -0.895. The number of carbonyl (C=O) groups is 2. The molecule has 0 bridgehead atoms. The second-order valence-corrected chi connectivity index (χ2v) is 3.34. The molecule has 0 spiro atoms. The number of ether oxygens (including phenoxy) is 2. The fraction of sp³-hybridized carbons (Fsp3) is 0.333. The average Bonchev–Trinajstić information content (AvgIpc) is 2.38. The molecule has 0 atom stereocenters. The van der Waals surface area contributed by atoms with Crippen molar-refractivity contribution >= 4 is 17.8 Å². The molecule has 104 valence electrons. The lowest BCUT2D eigenvalue weighted by Crippen LogP contribution is -2.12. The van der Waals surface area contributed by atoms with Crippen LogP contribution in [0.2, 0.25) is 0 Å². The SMILES string of the molecule is CCOC(=O)ONc1ccc(O)c(C(=O)OCC)c1. The van der Waals surface area contributed by atoms with Crippen molar-refractivity contribution < 1.29 is 29.0 Å².